The van der Waals surface area contributed by atoms with Crippen molar-refractivity contribution in [2.45, 2.75) is 144 Å². The van der Waals surface area contributed by atoms with Crippen LogP contribution in [0.1, 0.15) is 116 Å². The summed E-state index contributed by atoms with van der Waals surface area (Å²) in [6.07, 6.45) is 9.99. The Balaban J connectivity index is 1.15. The number of nitrogens with one attached hydrogen (secondary N) is 1. The second kappa shape index (κ2) is 10.5. The van der Waals surface area contributed by atoms with E-state index < -0.39 is 79.0 Å². The van der Waals surface area contributed by atoms with Gasteiger partial charge >= 0.3 is 0 Å². The van der Waals surface area contributed by atoms with Gasteiger partial charge in [0, 0.05) is 30.5 Å². The molecule has 346 valence electrons. The molecule has 11 fully saturated rings. The predicted octanol–water partition coefficient (Wildman–Crippen LogP) is 4.66. The van der Waals surface area contributed by atoms with Gasteiger partial charge in [-0.15, -0.1) is 0 Å². The van der Waals surface area contributed by atoms with Crippen LogP contribution in [-0.2, 0) is 30.2 Å². The first-order chi connectivity index (χ1) is 31.5. The van der Waals surface area contributed by atoms with Crippen molar-refractivity contribution >= 4 is 58.6 Å². The summed E-state index contributed by atoms with van der Waals surface area (Å²) in [4.78, 5) is 70.2. The molecule has 5 unspecified atom stereocenters. The zero-order chi connectivity index (χ0) is 46.7. The lowest BCUT2D eigenvalue weighted by molar-refractivity contribution is -0.371. The van der Waals surface area contributed by atoms with Crippen molar-refractivity contribution in [3.05, 3.63) is 69.1 Å². The summed E-state index contributed by atoms with van der Waals surface area (Å²) in [7, 11) is 0. The number of amides is 4. The second-order valence-corrected chi connectivity index (χ2v) is 24.5. The highest BCUT2D eigenvalue weighted by Gasteiger charge is 2.99. The number of benzene rings is 2. The third kappa shape index (κ3) is 3.46. The lowest BCUT2D eigenvalue weighted by Crippen LogP contribution is -2.93. The van der Waals surface area contributed by atoms with Crippen molar-refractivity contribution in [3.63, 3.8) is 0 Å². The maximum Gasteiger partial charge on any atom is 0.251 e. The number of piperazine rings is 2. The van der Waals surface area contributed by atoms with Crippen molar-refractivity contribution in [1.29, 1.82) is 0 Å². The Bertz CT molecular complexity index is 3090. The number of hydrogen-bond donors (Lipinski definition) is 2. The molecule has 5 spiro atoms. The van der Waals surface area contributed by atoms with Crippen LogP contribution in [0.4, 0.5) is 11.4 Å². The van der Waals surface area contributed by atoms with Gasteiger partial charge in [0.05, 0.1) is 39.5 Å². The quantitative estimate of drug-likeness (QED) is 0.281. The molecule has 9 saturated heterocycles. The Morgan fingerprint density at radius 1 is 0.687 bits per heavy atom. The number of rotatable bonds is 0. The minimum Gasteiger partial charge on any atom is -0.618 e. The van der Waals surface area contributed by atoms with E-state index in [2.05, 4.69) is 5.32 Å². The number of carbonyl (C=O) groups is 4. The molecule has 10 atom stereocenters. The van der Waals surface area contributed by atoms with Gasteiger partial charge in [0.25, 0.3) is 5.91 Å². The van der Waals surface area contributed by atoms with Gasteiger partial charge in [0.15, 0.2) is 11.3 Å². The maximum absolute atomic E-state index is 16.8. The number of piperidine rings is 4. The summed E-state index contributed by atoms with van der Waals surface area (Å²) >= 11 is 0. The summed E-state index contributed by atoms with van der Waals surface area (Å²) in [6, 6.07) is 5.76. The van der Waals surface area contributed by atoms with E-state index in [9.17, 15) is 0 Å². The van der Waals surface area contributed by atoms with Gasteiger partial charge in [0.2, 0.25) is 34.8 Å². The van der Waals surface area contributed by atoms with Crippen LogP contribution in [0.15, 0.2) is 36.4 Å². The SMILES string of the molecule is CC1(C)C=Cc2c(ccc3c2[N+]([O-])=C2C(C)(C)C4C[C@]56CCCN5C(=O)C4(NC6=O)[C@H]4N5C(=O)[C@]67CCCN6C(=O)C56C(C7)C(C)(C)C5=[N+]([O-])c7c(ccc8c7C=CC(C)(C)O8)[C@]5(O)[C@@H]6C234)O1. The van der Waals surface area contributed by atoms with Gasteiger partial charge in [-0.05, 0) is 142 Å². The zero-order valence-electron chi connectivity index (χ0n) is 39.0. The fourth-order valence-electron chi connectivity index (χ4n) is 18.5. The fraction of sp³-hybridized carbons (Fsp3) is 0.577. The molecule has 2 aromatic rings. The highest BCUT2D eigenvalue weighted by Crippen LogP contribution is 2.81. The van der Waals surface area contributed by atoms with Crippen molar-refractivity contribution in [1.82, 2.24) is 20.0 Å². The number of hydrogen-bond acceptors (Lipinski definition) is 9. The molecule has 2 aromatic carbocycles. The molecule has 13 aliphatic heterocycles. The summed E-state index contributed by atoms with van der Waals surface area (Å²) in [5.74, 6) is -3.33. The van der Waals surface area contributed by atoms with E-state index in [0.29, 0.717) is 72.7 Å². The zero-order valence-corrected chi connectivity index (χ0v) is 39.0. The standard InChI is InChI=1S/C52H54N6O9/c1-43(2)19-15-25-29(66-43)13-11-27-33(25)57(64)36-45(5,6)31-23-47-17-9-21-54(47)41(61)50(31,53-39(47)59)38-49(27,36)35-51-32(24-48(40(60)56(38)51)18-10-22-55(48)42(51)62)46(7,8)37-52(35,63)28-12-14-30-26(34(28)58(37)65)16-20-44(3,4)67-30/h11-16,19-20,31-32,35,38,63H,9-10,17-18,21-24H2,1-8H3,(H,53,59)/t31?,32?,35-,38+,47+,48-,49?,50?,51?,52+/m1/s1. The van der Waals surface area contributed by atoms with Crippen LogP contribution in [0.5, 0.6) is 11.5 Å². The van der Waals surface area contributed by atoms with Crippen LogP contribution in [0.2, 0.25) is 0 Å². The summed E-state index contributed by atoms with van der Waals surface area (Å²) in [6.45, 7) is 16.1. The minimum atomic E-state index is -2.35. The largest absolute Gasteiger partial charge is 0.618 e. The maximum atomic E-state index is 16.8. The van der Waals surface area contributed by atoms with E-state index in [4.69, 9.17) is 9.47 Å². The molecule has 0 aromatic heterocycles. The topological polar surface area (TPSA) is 181 Å². The van der Waals surface area contributed by atoms with Crippen molar-refractivity contribution in [2.24, 2.45) is 28.6 Å². The first-order valence-corrected chi connectivity index (χ1v) is 24.3. The molecule has 2 N–H and O–H groups in total. The number of carbonyl (C=O) groups excluding carboxylic acids is 4. The predicted molar refractivity (Wildman–Crippen MR) is 241 cm³/mol. The van der Waals surface area contributed by atoms with Crippen LogP contribution in [0.3, 0.4) is 0 Å². The first-order valence-electron chi connectivity index (χ1n) is 24.3. The van der Waals surface area contributed by atoms with E-state index in [1.165, 1.54) is 0 Å². The molecule has 13 heterocycles. The Kier molecular flexibility index (Phi) is 6.14. The van der Waals surface area contributed by atoms with Gasteiger partial charge < -0.3 is 45.0 Å². The van der Waals surface area contributed by atoms with Gasteiger partial charge in [0.1, 0.15) is 50.3 Å². The molecule has 15 nitrogen and oxygen atoms in total. The molecule has 67 heavy (non-hydrogen) atoms. The third-order valence-corrected chi connectivity index (χ3v) is 20.3. The number of ether oxygens (including phenoxy) is 2. The third-order valence-electron chi connectivity index (χ3n) is 20.3. The summed E-state index contributed by atoms with van der Waals surface area (Å²) in [5, 5.41) is 50.9. The average Bonchev–Trinajstić information content (AvgIpc) is 4.05. The molecule has 15 heteroatoms. The molecule has 2 aliphatic carbocycles. The normalized spacial score (nSPS) is 43.0. The van der Waals surface area contributed by atoms with Gasteiger partial charge in [-0.2, -0.15) is 9.48 Å². The highest BCUT2D eigenvalue weighted by molar-refractivity contribution is 6.19. The molecule has 4 bridgehead atoms. The van der Waals surface area contributed by atoms with Gasteiger partial charge in [-0.3, -0.25) is 19.2 Å². The van der Waals surface area contributed by atoms with Crippen LogP contribution in [0, 0.1) is 39.0 Å². The monoisotopic (exact) mass is 906 g/mol. The van der Waals surface area contributed by atoms with E-state index in [-0.39, 0.29) is 59.1 Å². The fourth-order valence-corrected chi connectivity index (χ4v) is 18.5. The summed E-state index contributed by atoms with van der Waals surface area (Å²) in [5.41, 5.74) is -11.9. The van der Waals surface area contributed by atoms with Crippen molar-refractivity contribution in [2.75, 3.05) is 13.1 Å². The Hall–Kier alpha value is -5.70. The van der Waals surface area contributed by atoms with E-state index in [0.717, 1.165) is 9.48 Å². The van der Waals surface area contributed by atoms with Gasteiger partial charge in [-0.1, -0.05) is 0 Å². The Morgan fingerprint density at radius 3 is 1.87 bits per heavy atom. The second-order valence-electron chi connectivity index (χ2n) is 24.5. The Labute approximate surface area is 387 Å². The number of aliphatic hydroxyl groups is 1. The van der Waals surface area contributed by atoms with Crippen LogP contribution >= 0.6 is 0 Å². The molecule has 15 aliphatic rings. The molecular formula is C52H54N6O9. The van der Waals surface area contributed by atoms with Crippen molar-refractivity contribution < 1.29 is 43.2 Å². The lowest BCUT2D eigenvalue weighted by Gasteiger charge is -2.70. The molecule has 4 amide bonds. The molecule has 17 rings (SSSR count). The molecular weight excluding hydrogens is 853 g/mol. The first kappa shape index (κ1) is 39.3. The molecule has 0 radical (unpaired) electrons. The number of nitrogens with zero attached hydrogens (tertiary/aromatic N) is 5. The van der Waals surface area contributed by atoms with Gasteiger partial charge in [-0.25, -0.2) is 0 Å². The Morgan fingerprint density at radius 2 is 1.22 bits per heavy atom. The van der Waals surface area contributed by atoms with E-state index >= 15 is 34.7 Å². The van der Waals surface area contributed by atoms with Crippen LogP contribution < -0.4 is 14.8 Å². The average molecular weight is 907 g/mol. The summed E-state index contributed by atoms with van der Waals surface area (Å²) < 4.78 is 14.9. The van der Waals surface area contributed by atoms with Crippen molar-refractivity contribution in [3.8, 4) is 11.5 Å². The van der Waals surface area contributed by atoms with E-state index in [1.807, 2.05) is 91.8 Å². The number of fused-ring (bicyclic) bond motifs is 10. The van der Waals surface area contributed by atoms with Crippen LogP contribution in [0.25, 0.3) is 12.2 Å². The minimum absolute atomic E-state index is 0.123. The highest BCUT2D eigenvalue weighted by atomic mass is 16.5. The van der Waals surface area contributed by atoms with E-state index in [1.54, 1.807) is 26.8 Å². The lowest BCUT2D eigenvalue weighted by atomic mass is 9.36. The smallest absolute Gasteiger partial charge is 0.251 e. The van der Waals surface area contributed by atoms with Crippen LogP contribution in [-0.4, -0.2) is 117 Å². The molecule has 2 saturated carbocycles.